The average Bonchev–Trinajstić information content (AvgIpc) is 2.45. The number of aryl methyl sites for hydroxylation is 1. The smallest absolute Gasteiger partial charge is 0.159 e. The zero-order valence-corrected chi connectivity index (χ0v) is 11.7. The first-order valence-electron chi connectivity index (χ1n) is 7.08. The number of carbonyl (C=O) groups excluding carboxylic acids is 1. The van der Waals surface area contributed by atoms with Crippen LogP contribution in [0.25, 0.3) is 5.76 Å². The average molecular weight is 279 g/mol. The third kappa shape index (κ3) is 3.14. The van der Waals surface area contributed by atoms with Gasteiger partial charge in [0.2, 0.25) is 0 Å². The van der Waals surface area contributed by atoms with E-state index in [2.05, 4.69) is 6.07 Å². The molecule has 1 aliphatic rings. The molecule has 0 bridgehead atoms. The SMILES string of the molecule is Nc1cccc(O/C2=C/C(=O)CCCc3ccccc32)c1. The highest BCUT2D eigenvalue weighted by atomic mass is 16.5. The van der Waals surface area contributed by atoms with Crippen molar-refractivity contribution in [1.29, 1.82) is 0 Å². The summed E-state index contributed by atoms with van der Waals surface area (Å²) < 4.78 is 5.93. The van der Waals surface area contributed by atoms with Gasteiger partial charge in [-0.25, -0.2) is 0 Å². The van der Waals surface area contributed by atoms with Gasteiger partial charge in [0.05, 0.1) is 0 Å². The molecule has 0 aromatic heterocycles. The van der Waals surface area contributed by atoms with E-state index in [9.17, 15) is 4.79 Å². The number of hydrogen-bond acceptors (Lipinski definition) is 3. The number of fused-ring (bicyclic) bond motifs is 1. The van der Waals surface area contributed by atoms with Crippen LogP contribution in [0, 0.1) is 0 Å². The molecular weight excluding hydrogens is 262 g/mol. The van der Waals surface area contributed by atoms with Gasteiger partial charge in [-0.15, -0.1) is 0 Å². The fraction of sp³-hybridized carbons (Fsp3) is 0.167. The van der Waals surface area contributed by atoms with Crippen LogP contribution in [0.3, 0.4) is 0 Å². The number of ether oxygens (including phenoxy) is 1. The highest BCUT2D eigenvalue weighted by molar-refractivity contribution is 5.96. The van der Waals surface area contributed by atoms with E-state index in [4.69, 9.17) is 10.5 Å². The molecule has 0 radical (unpaired) electrons. The van der Waals surface area contributed by atoms with Gasteiger partial charge < -0.3 is 10.5 Å². The lowest BCUT2D eigenvalue weighted by Crippen LogP contribution is -2.07. The zero-order chi connectivity index (χ0) is 14.7. The minimum absolute atomic E-state index is 0.100. The van der Waals surface area contributed by atoms with Gasteiger partial charge >= 0.3 is 0 Å². The number of rotatable bonds is 2. The lowest BCUT2D eigenvalue weighted by atomic mass is 9.96. The predicted octanol–water partition coefficient (Wildman–Crippen LogP) is 3.59. The lowest BCUT2D eigenvalue weighted by Gasteiger charge is -2.16. The van der Waals surface area contributed by atoms with Crippen molar-refractivity contribution in [3.8, 4) is 5.75 Å². The monoisotopic (exact) mass is 279 g/mol. The first-order valence-corrected chi connectivity index (χ1v) is 7.08. The minimum Gasteiger partial charge on any atom is -0.457 e. The molecule has 3 nitrogen and oxygen atoms in total. The Balaban J connectivity index is 2.01. The van der Waals surface area contributed by atoms with Crippen molar-refractivity contribution in [3.05, 3.63) is 65.7 Å². The standard InChI is InChI=1S/C18H17NO2/c19-14-7-4-9-16(11-14)21-18-12-15(20)8-3-6-13-5-1-2-10-17(13)18/h1-2,4-5,7,9-12H,3,6,8,19H2/b18-12+. The molecule has 0 heterocycles. The molecule has 3 rings (SSSR count). The Hall–Kier alpha value is -2.55. The first-order chi connectivity index (χ1) is 10.2. The fourth-order valence-electron chi connectivity index (χ4n) is 2.52. The molecule has 3 heteroatoms. The fourth-order valence-corrected chi connectivity index (χ4v) is 2.52. The molecule has 0 aliphatic heterocycles. The Bertz CT molecular complexity index is 704. The van der Waals surface area contributed by atoms with Gasteiger partial charge in [0, 0.05) is 29.8 Å². The molecular formula is C18H17NO2. The Morgan fingerprint density at radius 3 is 2.71 bits per heavy atom. The molecule has 0 atom stereocenters. The highest BCUT2D eigenvalue weighted by Crippen LogP contribution is 2.27. The zero-order valence-electron chi connectivity index (χ0n) is 11.7. The van der Waals surface area contributed by atoms with Crippen LogP contribution >= 0.6 is 0 Å². The Kier molecular flexibility index (Phi) is 3.73. The van der Waals surface area contributed by atoms with Crippen LogP contribution in [0.4, 0.5) is 5.69 Å². The number of nitrogen functional groups attached to an aromatic ring is 1. The largest absolute Gasteiger partial charge is 0.457 e. The Morgan fingerprint density at radius 2 is 1.86 bits per heavy atom. The summed E-state index contributed by atoms with van der Waals surface area (Å²) in [5.74, 6) is 1.34. The van der Waals surface area contributed by atoms with Crippen molar-refractivity contribution < 1.29 is 9.53 Å². The first kappa shape index (κ1) is 13.4. The number of anilines is 1. The van der Waals surface area contributed by atoms with E-state index in [1.54, 1.807) is 18.2 Å². The summed E-state index contributed by atoms with van der Waals surface area (Å²) in [5, 5.41) is 0. The number of ketones is 1. The molecule has 2 aromatic carbocycles. The van der Waals surface area contributed by atoms with Gasteiger partial charge in [-0.2, -0.15) is 0 Å². The van der Waals surface area contributed by atoms with Crippen molar-refractivity contribution in [2.45, 2.75) is 19.3 Å². The maximum Gasteiger partial charge on any atom is 0.159 e. The number of carbonyl (C=O) groups is 1. The van der Waals surface area contributed by atoms with Crippen molar-refractivity contribution in [2.75, 3.05) is 5.73 Å². The number of allylic oxidation sites excluding steroid dienone is 1. The van der Waals surface area contributed by atoms with Gasteiger partial charge in [-0.05, 0) is 30.5 Å². The van der Waals surface area contributed by atoms with E-state index in [-0.39, 0.29) is 5.78 Å². The van der Waals surface area contributed by atoms with E-state index in [0.29, 0.717) is 23.6 Å². The molecule has 0 spiro atoms. The van der Waals surface area contributed by atoms with Gasteiger partial charge in [-0.3, -0.25) is 4.79 Å². The molecule has 0 saturated carbocycles. The van der Waals surface area contributed by atoms with Gasteiger partial charge in [-0.1, -0.05) is 30.3 Å². The van der Waals surface area contributed by atoms with Crippen LogP contribution in [0.2, 0.25) is 0 Å². The van der Waals surface area contributed by atoms with Crippen LogP contribution in [-0.2, 0) is 11.2 Å². The van der Waals surface area contributed by atoms with Crippen LogP contribution < -0.4 is 10.5 Å². The number of hydrogen-bond donors (Lipinski definition) is 1. The van der Waals surface area contributed by atoms with Crippen LogP contribution in [0.5, 0.6) is 5.75 Å². The van der Waals surface area contributed by atoms with Crippen molar-refractivity contribution >= 4 is 17.2 Å². The predicted molar refractivity (Wildman–Crippen MR) is 83.8 cm³/mol. The summed E-state index contributed by atoms with van der Waals surface area (Å²) in [6.07, 6.45) is 3.91. The summed E-state index contributed by atoms with van der Waals surface area (Å²) in [4.78, 5) is 11.9. The third-order valence-electron chi connectivity index (χ3n) is 3.53. The van der Waals surface area contributed by atoms with Crippen LogP contribution in [-0.4, -0.2) is 5.78 Å². The minimum atomic E-state index is 0.100. The molecule has 2 N–H and O–H groups in total. The lowest BCUT2D eigenvalue weighted by molar-refractivity contribution is -0.114. The molecule has 0 amide bonds. The topological polar surface area (TPSA) is 52.3 Å². The second kappa shape index (κ2) is 5.83. The van der Waals surface area contributed by atoms with Crippen molar-refractivity contribution in [2.24, 2.45) is 0 Å². The highest BCUT2D eigenvalue weighted by Gasteiger charge is 2.15. The molecule has 1 aliphatic carbocycles. The second-order valence-electron chi connectivity index (χ2n) is 5.16. The quantitative estimate of drug-likeness (QED) is 0.855. The molecule has 21 heavy (non-hydrogen) atoms. The van der Waals surface area contributed by atoms with E-state index < -0.39 is 0 Å². The molecule has 2 aromatic rings. The van der Waals surface area contributed by atoms with Crippen LogP contribution in [0.15, 0.2) is 54.6 Å². The van der Waals surface area contributed by atoms with E-state index in [1.807, 2.05) is 30.3 Å². The van der Waals surface area contributed by atoms with E-state index >= 15 is 0 Å². The number of benzene rings is 2. The Labute approximate surface area is 124 Å². The number of nitrogens with two attached hydrogens (primary N) is 1. The maximum absolute atomic E-state index is 11.9. The molecule has 106 valence electrons. The van der Waals surface area contributed by atoms with Crippen LogP contribution in [0.1, 0.15) is 24.0 Å². The van der Waals surface area contributed by atoms with Gasteiger partial charge in [0.1, 0.15) is 11.5 Å². The maximum atomic E-state index is 11.9. The Morgan fingerprint density at radius 1 is 1.00 bits per heavy atom. The van der Waals surface area contributed by atoms with E-state index in [0.717, 1.165) is 18.4 Å². The van der Waals surface area contributed by atoms with Crippen molar-refractivity contribution in [3.63, 3.8) is 0 Å². The van der Waals surface area contributed by atoms with Crippen molar-refractivity contribution in [1.82, 2.24) is 0 Å². The normalized spacial score (nSPS) is 17.1. The third-order valence-corrected chi connectivity index (χ3v) is 3.53. The molecule has 0 fully saturated rings. The summed E-state index contributed by atoms with van der Waals surface area (Å²) in [6.45, 7) is 0. The van der Waals surface area contributed by atoms with Gasteiger partial charge in [0.25, 0.3) is 0 Å². The summed E-state index contributed by atoms with van der Waals surface area (Å²) in [6, 6.07) is 15.3. The summed E-state index contributed by atoms with van der Waals surface area (Å²) in [5.41, 5.74) is 8.60. The molecule has 0 unspecified atom stereocenters. The second-order valence-corrected chi connectivity index (χ2v) is 5.16. The van der Waals surface area contributed by atoms with E-state index in [1.165, 1.54) is 5.56 Å². The van der Waals surface area contributed by atoms with Gasteiger partial charge in [0.15, 0.2) is 5.78 Å². The summed E-state index contributed by atoms with van der Waals surface area (Å²) >= 11 is 0. The molecule has 0 saturated heterocycles. The summed E-state index contributed by atoms with van der Waals surface area (Å²) in [7, 11) is 0.